The lowest BCUT2D eigenvalue weighted by Gasteiger charge is -2.05. The molecular formula is C13H9ClF2N2O. The molecular weight excluding hydrogens is 274 g/mol. The van der Waals surface area contributed by atoms with E-state index in [1.54, 1.807) is 12.1 Å². The van der Waals surface area contributed by atoms with E-state index in [9.17, 15) is 13.6 Å². The smallest absolute Gasteiger partial charge is 0.270 e. The summed E-state index contributed by atoms with van der Waals surface area (Å²) in [6.07, 6.45) is 0. The number of rotatable bonds is 3. The summed E-state index contributed by atoms with van der Waals surface area (Å²) >= 11 is 5.66. The molecule has 0 aliphatic heterocycles. The quantitative estimate of drug-likeness (QED) is 0.880. The number of nitrogens with one attached hydrogen (secondary N) is 1. The number of hydrogen-bond donors (Lipinski definition) is 1. The third kappa shape index (κ3) is 3.72. The van der Waals surface area contributed by atoms with Crippen molar-refractivity contribution < 1.29 is 13.6 Å². The maximum Gasteiger partial charge on any atom is 0.270 e. The molecule has 0 unspecified atom stereocenters. The van der Waals surface area contributed by atoms with E-state index in [0.29, 0.717) is 5.56 Å². The summed E-state index contributed by atoms with van der Waals surface area (Å²) in [5, 5.41) is 2.70. The summed E-state index contributed by atoms with van der Waals surface area (Å²) in [6.45, 7) is 0.00169. The molecule has 0 bridgehead atoms. The molecule has 0 spiro atoms. The number of benzene rings is 1. The molecule has 19 heavy (non-hydrogen) atoms. The average Bonchev–Trinajstić information content (AvgIpc) is 2.35. The number of pyridine rings is 1. The average molecular weight is 283 g/mol. The first-order valence-electron chi connectivity index (χ1n) is 5.40. The molecule has 0 saturated heterocycles. The zero-order valence-corrected chi connectivity index (χ0v) is 10.4. The lowest BCUT2D eigenvalue weighted by molar-refractivity contribution is 0.0946. The van der Waals surface area contributed by atoms with Gasteiger partial charge >= 0.3 is 0 Å². The van der Waals surface area contributed by atoms with Crippen LogP contribution in [0.3, 0.4) is 0 Å². The van der Waals surface area contributed by atoms with E-state index in [1.807, 2.05) is 0 Å². The van der Waals surface area contributed by atoms with Crippen molar-refractivity contribution in [3.63, 3.8) is 0 Å². The third-order valence-corrected chi connectivity index (χ3v) is 2.53. The number of nitrogens with zero attached hydrogens (tertiary/aromatic N) is 1. The molecule has 2 aromatic rings. The van der Waals surface area contributed by atoms with Crippen LogP contribution >= 0.6 is 11.6 Å². The summed E-state index contributed by atoms with van der Waals surface area (Å²) in [5.74, 6) is -1.84. The van der Waals surface area contributed by atoms with Gasteiger partial charge in [0.2, 0.25) is 0 Å². The molecule has 0 aliphatic carbocycles. The lowest BCUT2D eigenvalue weighted by atomic mass is 10.2. The Morgan fingerprint density at radius 2 is 1.89 bits per heavy atom. The van der Waals surface area contributed by atoms with Gasteiger partial charge in [0.15, 0.2) is 0 Å². The van der Waals surface area contributed by atoms with Gasteiger partial charge in [-0.2, -0.15) is 0 Å². The van der Waals surface area contributed by atoms with Gasteiger partial charge in [0.1, 0.15) is 22.5 Å². The van der Waals surface area contributed by atoms with E-state index in [2.05, 4.69) is 10.3 Å². The minimum atomic E-state index is -0.690. The Bertz CT molecular complexity index is 599. The van der Waals surface area contributed by atoms with Crippen LogP contribution in [0.4, 0.5) is 8.78 Å². The Balaban J connectivity index is 2.04. The van der Waals surface area contributed by atoms with Gasteiger partial charge in [0, 0.05) is 12.6 Å². The Morgan fingerprint density at radius 1 is 1.21 bits per heavy atom. The molecule has 0 radical (unpaired) electrons. The minimum Gasteiger partial charge on any atom is -0.347 e. The second-order valence-electron chi connectivity index (χ2n) is 3.81. The van der Waals surface area contributed by atoms with Crippen LogP contribution in [0.15, 0.2) is 36.4 Å². The van der Waals surface area contributed by atoms with Crippen LogP contribution in [0.2, 0.25) is 5.15 Å². The molecule has 6 heteroatoms. The topological polar surface area (TPSA) is 42.0 Å². The fraction of sp³-hybridized carbons (Fsp3) is 0.0769. The van der Waals surface area contributed by atoms with Gasteiger partial charge in [-0.1, -0.05) is 17.7 Å². The Labute approximate surface area is 113 Å². The summed E-state index contributed by atoms with van der Waals surface area (Å²) in [4.78, 5) is 15.5. The maximum atomic E-state index is 12.9. The van der Waals surface area contributed by atoms with Crippen molar-refractivity contribution in [2.75, 3.05) is 0 Å². The van der Waals surface area contributed by atoms with E-state index in [1.165, 1.54) is 6.07 Å². The first-order chi connectivity index (χ1) is 9.04. The van der Waals surface area contributed by atoms with Gasteiger partial charge in [-0.05, 0) is 29.8 Å². The fourth-order valence-corrected chi connectivity index (χ4v) is 1.68. The zero-order chi connectivity index (χ0) is 13.8. The number of amides is 1. The Morgan fingerprint density at radius 3 is 2.53 bits per heavy atom. The number of aromatic nitrogens is 1. The molecule has 3 nitrogen and oxygen atoms in total. The lowest BCUT2D eigenvalue weighted by Crippen LogP contribution is -2.23. The number of halogens is 3. The summed E-state index contributed by atoms with van der Waals surface area (Å²) in [5.41, 5.74) is 0.470. The van der Waals surface area contributed by atoms with Gasteiger partial charge in [-0.25, -0.2) is 13.8 Å². The molecule has 0 fully saturated rings. The van der Waals surface area contributed by atoms with E-state index in [0.717, 1.165) is 18.2 Å². The monoisotopic (exact) mass is 282 g/mol. The second kappa shape index (κ2) is 5.75. The van der Waals surface area contributed by atoms with Gasteiger partial charge in [-0.3, -0.25) is 4.79 Å². The van der Waals surface area contributed by atoms with Crippen molar-refractivity contribution in [1.29, 1.82) is 0 Å². The van der Waals surface area contributed by atoms with E-state index >= 15 is 0 Å². The maximum absolute atomic E-state index is 12.9. The molecule has 1 N–H and O–H groups in total. The van der Waals surface area contributed by atoms with Crippen LogP contribution in [0, 0.1) is 11.6 Å². The van der Waals surface area contributed by atoms with Crippen LogP contribution in [0.1, 0.15) is 16.1 Å². The standard InChI is InChI=1S/C13H9ClF2N2O/c14-12-3-1-2-11(18-12)13(19)17-7-8-4-9(15)6-10(16)5-8/h1-6H,7H2,(H,17,19). The zero-order valence-electron chi connectivity index (χ0n) is 9.66. The molecule has 98 valence electrons. The highest BCUT2D eigenvalue weighted by Gasteiger charge is 2.08. The van der Waals surface area contributed by atoms with Crippen LogP contribution < -0.4 is 5.32 Å². The number of carbonyl (C=O) groups is 1. The van der Waals surface area contributed by atoms with Gasteiger partial charge < -0.3 is 5.32 Å². The van der Waals surface area contributed by atoms with E-state index in [4.69, 9.17) is 11.6 Å². The largest absolute Gasteiger partial charge is 0.347 e. The van der Waals surface area contributed by atoms with Crippen molar-refractivity contribution in [3.05, 3.63) is 64.4 Å². The van der Waals surface area contributed by atoms with Crippen molar-refractivity contribution in [1.82, 2.24) is 10.3 Å². The molecule has 1 aromatic heterocycles. The van der Waals surface area contributed by atoms with Crippen LogP contribution in [0.5, 0.6) is 0 Å². The Hall–Kier alpha value is -2.01. The fourth-order valence-electron chi connectivity index (χ4n) is 1.52. The van der Waals surface area contributed by atoms with E-state index in [-0.39, 0.29) is 17.4 Å². The highest BCUT2D eigenvalue weighted by Crippen LogP contribution is 2.08. The SMILES string of the molecule is O=C(NCc1cc(F)cc(F)c1)c1cccc(Cl)n1. The third-order valence-electron chi connectivity index (χ3n) is 2.32. The second-order valence-corrected chi connectivity index (χ2v) is 4.19. The normalized spacial score (nSPS) is 10.3. The summed E-state index contributed by atoms with van der Waals surface area (Å²) < 4.78 is 25.9. The summed E-state index contributed by atoms with van der Waals surface area (Å²) in [7, 11) is 0. The highest BCUT2D eigenvalue weighted by atomic mass is 35.5. The number of carbonyl (C=O) groups excluding carboxylic acids is 1. The van der Waals surface area contributed by atoms with Gasteiger partial charge in [0.25, 0.3) is 5.91 Å². The predicted molar refractivity (Wildman–Crippen MR) is 66.8 cm³/mol. The van der Waals surface area contributed by atoms with Crippen molar-refractivity contribution in [2.24, 2.45) is 0 Å². The molecule has 0 saturated carbocycles. The summed E-state index contributed by atoms with van der Waals surface area (Å²) in [6, 6.07) is 7.69. The van der Waals surface area contributed by atoms with E-state index < -0.39 is 17.5 Å². The number of hydrogen-bond acceptors (Lipinski definition) is 2. The molecule has 1 aromatic carbocycles. The molecule has 1 amide bonds. The predicted octanol–water partition coefficient (Wildman–Crippen LogP) is 2.94. The highest BCUT2D eigenvalue weighted by molar-refractivity contribution is 6.29. The minimum absolute atomic E-state index is 0.00169. The first-order valence-corrected chi connectivity index (χ1v) is 5.78. The first kappa shape index (κ1) is 13.4. The molecule has 1 heterocycles. The molecule has 2 rings (SSSR count). The van der Waals surface area contributed by atoms with Gasteiger partial charge in [-0.15, -0.1) is 0 Å². The van der Waals surface area contributed by atoms with Crippen molar-refractivity contribution in [3.8, 4) is 0 Å². The van der Waals surface area contributed by atoms with Crippen molar-refractivity contribution >= 4 is 17.5 Å². The molecule has 0 aliphatic rings. The van der Waals surface area contributed by atoms with Crippen LogP contribution in [-0.4, -0.2) is 10.9 Å². The Kier molecular flexibility index (Phi) is 4.06. The van der Waals surface area contributed by atoms with Crippen LogP contribution in [-0.2, 0) is 6.54 Å². The van der Waals surface area contributed by atoms with Crippen molar-refractivity contribution in [2.45, 2.75) is 6.54 Å². The van der Waals surface area contributed by atoms with Crippen LogP contribution in [0.25, 0.3) is 0 Å². The molecule has 0 atom stereocenters. The van der Waals surface area contributed by atoms with Gasteiger partial charge in [0.05, 0.1) is 0 Å².